The highest BCUT2D eigenvalue weighted by Gasteiger charge is 2.46. The van der Waals surface area contributed by atoms with Crippen molar-refractivity contribution in [1.29, 1.82) is 0 Å². The number of hydrogen-bond acceptors (Lipinski definition) is 5. The molecule has 9 heteroatoms. The molecular weight excluding hydrogens is 487 g/mol. The Labute approximate surface area is 205 Å². The number of hydrogen-bond donors (Lipinski definition) is 1. The van der Waals surface area contributed by atoms with Crippen molar-refractivity contribution >= 4 is 52.3 Å². The third kappa shape index (κ3) is 4.42. The summed E-state index contributed by atoms with van der Waals surface area (Å²) in [4.78, 5) is 31.7. The second kappa shape index (κ2) is 9.43. The number of aromatic nitrogens is 1. The summed E-state index contributed by atoms with van der Waals surface area (Å²) in [6.07, 6.45) is 3.19. The molecule has 1 unspecified atom stereocenters. The molecule has 1 saturated heterocycles. The smallest absolute Gasteiger partial charge is 0.295 e. The van der Waals surface area contributed by atoms with E-state index < -0.39 is 23.5 Å². The molecule has 6 nitrogen and oxygen atoms in total. The fourth-order valence-corrected chi connectivity index (χ4v) is 4.25. The molecule has 0 radical (unpaired) electrons. The Morgan fingerprint density at radius 3 is 2.42 bits per heavy atom. The van der Waals surface area contributed by atoms with E-state index in [1.165, 1.54) is 18.1 Å². The van der Waals surface area contributed by atoms with E-state index in [1.807, 2.05) is 0 Å². The standard InChI is InChI=1S/C24H17Cl3N2O4/c1-33-19-5-3-15(25)11-16(19)22(30)20-21(14-2-4-17(26)18(27)10-14)29(24(32)23(20)31)12-13-6-8-28-9-7-13/h2-11,21,30H,12H2,1H3/b22-20+. The van der Waals surface area contributed by atoms with E-state index in [0.717, 1.165) is 5.56 Å². The number of methoxy groups -OCH3 is 1. The minimum atomic E-state index is -0.920. The minimum absolute atomic E-state index is 0.104. The highest BCUT2D eigenvalue weighted by Crippen LogP contribution is 2.43. The second-order valence-electron chi connectivity index (χ2n) is 7.30. The normalized spacial score (nSPS) is 17.5. The predicted molar refractivity (Wildman–Crippen MR) is 127 cm³/mol. The van der Waals surface area contributed by atoms with Crippen molar-refractivity contribution in [3.63, 3.8) is 0 Å². The third-order valence-corrected chi connectivity index (χ3v) is 6.29. The summed E-state index contributed by atoms with van der Waals surface area (Å²) in [7, 11) is 1.43. The molecule has 3 aromatic rings. The lowest BCUT2D eigenvalue weighted by atomic mass is 9.95. The van der Waals surface area contributed by atoms with Gasteiger partial charge < -0.3 is 14.7 Å². The summed E-state index contributed by atoms with van der Waals surface area (Å²) in [5, 5.41) is 12.2. The van der Waals surface area contributed by atoms with Crippen molar-refractivity contribution in [3.05, 3.63) is 98.3 Å². The van der Waals surface area contributed by atoms with Gasteiger partial charge in [-0.1, -0.05) is 40.9 Å². The maximum atomic E-state index is 13.2. The zero-order valence-electron chi connectivity index (χ0n) is 17.3. The van der Waals surface area contributed by atoms with Gasteiger partial charge in [-0.25, -0.2) is 0 Å². The predicted octanol–water partition coefficient (Wildman–Crippen LogP) is 5.67. The molecule has 0 aliphatic carbocycles. The van der Waals surface area contributed by atoms with Crippen molar-refractivity contribution in [2.75, 3.05) is 7.11 Å². The Kier molecular flexibility index (Phi) is 6.61. The van der Waals surface area contributed by atoms with E-state index in [2.05, 4.69) is 4.98 Å². The molecule has 33 heavy (non-hydrogen) atoms. The molecule has 0 saturated carbocycles. The number of rotatable bonds is 5. The van der Waals surface area contributed by atoms with Gasteiger partial charge in [0.2, 0.25) is 0 Å². The van der Waals surface area contributed by atoms with Gasteiger partial charge in [-0.2, -0.15) is 0 Å². The van der Waals surface area contributed by atoms with Crippen molar-refractivity contribution < 1.29 is 19.4 Å². The van der Waals surface area contributed by atoms with Crippen LogP contribution >= 0.6 is 34.8 Å². The molecular formula is C24H17Cl3N2O4. The fourth-order valence-electron chi connectivity index (χ4n) is 3.77. The second-order valence-corrected chi connectivity index (χ2v) is 8.55. The minimum Gasteiger partial charge on any atom is -0.507 e. The Morgan fingerprint density at radius 2 is 1.76 bits per heavy atom. The maximum absolute atomic E-state index is 13.2. The zero-order valence-corrected chi connectivity index (χ0v) is 19.5. The average Bonchev–Trinajstić information content (AvgIpc) is 3.06. The Hall–Kier alpha value is -3.06. The number of amides is 1. The molecule has 0 bridgehead atoms. The van der Waals surface area contributed by atoms with Crippen LogP contribution in [0.25, 0.3) is 5.76 Å². The number of nitrogens with zero attached hydrogens (tertiary/aromatic N) is 2. The van der Waals surface area contributed by atoms with Gasteiger partial charge in [-0.05, 0) is 53.6 Å². The number of carbonyl (C=O) groups is 2. The molecule has 2 heterocycles. The highest BCUT2D eigenvalue weighted by molar-refractivity contribution is 6.47. The summed E-state index contributed by atoms with van der Waals surface area (Å²) in [6, 6.07) is 12.0. The first-order valence-corrected chi connectivity index (χ1v) is 10.9. The van der Waals surface area contributed by atoms with Crippen molar-refractivity contribution in [3.8, 4) is 5.75 Å². The summed E-state index contributed by atoms with van der Waals surface area (Å²) < 4.78 is 5.33. The largest absolute Gasteiger partial charge is 0.507 e. The van der Waals surface area contributed by atoms with Crippen LogP contribution in [0, 0.1) is 0 Å². The first-order chi connectivity index (χ1) is 15.8. The molecule has 1 aliphatic heterocycles. The van der Waals surface area contributed by atoms with Crippen LogP contribution in [0.2, 0.25) is 15.1 Å². The van der Waals surface area contributed by atoms with E-state index >= 15 is 0 Å². The molecule has 1 atom stereocenters. The number of pyridine rings is 1. The Balaban J connectivity index is 1.93. The molecule has 168 valence electrons. The van der Waals surface area contributed by atoms with Gasteiger partial charge in [-0.15, -0.1) is 0 Å². The van der Waals surface area contributed by atoms with Gasteiger partial charge in [0.05, 0.1) is 34.3 Å². The number of aliphatic hydroxyl groups is 1. The van der Waals surface area contributed by atoms with Crippen LogP contribution < -0.4 is 4.74 Å². The fraction of sp³-hybridized carbons (Fsp3) is 0.125. The summed E-state index contributed by atoms with van der Waals surface area (Å²) in [6.45, 7) is 0.113. The number of aliphatic hydroxyl groups excluding tert-OH is 1. The van der Waals surface area contributed by atoms with Crippen molar-refractivity contribution in [1.82, 2.24) is 9.88 Å². The number of ether oxygens (including phenoxy) is 1. The highest BCUT2D eigenvalue weighted by atomic mass is 35.5. The maximum Gasteiger partial charge on any atom is 0.295 e. The lowest BCUT2D eigenvalue weighted by molar-refractivity contribution is -0.140. The molecule has 1 amide bonds. The number of carbonyl (C=O) groups excluding carboxylic acids is 2. The van der Waals surface area contributed by atoms with Gasteiger partial charge >= 0.3 is 0 Å². The molecule has 0 spiro atoms. The third-order valence-electron chi connectivity index (χ3n) is 5.32. The molecule has 1 fully saturated rings. The molecule has 1 N–H and O–H groups in total. The number of ketones is 1. The first-order valence-electron chi connectivity index (χ1n) is 9.78. The number of halogens is 3. The quantitative estimate of drug-likeness (QED) is 0.276. The zero-order chi connectivity index (χ0) is 23.7. The van der Waals surface area contributed by atoms with Gasteiger partial charge in [0.25, 0.3) is 11.7 Å². The van der Waals surface area contributed by atoms with Gasteiger partial charge in [0, 0.05) is 24.0 Å². The number of Topliss-reactive ketones (excluding diaryl/α,β-unsaturated/α-hetero) is 1. The van der Waals surface area contributed by atoms with E-state index in [1.54, 1.807) is 54.9 Å². The Morgan fingerprint density at radius 1 is 1.03 bits per heavy atom. The van der Waals surface area contributed by atoms with Crippen LogP contribution in [0.4, 0.5) is 0 Å². The SMILES string of the molecule is COc1ccc(Cl)cc1/C(O)=C1\C(=O)C(=O)N(Cc2ccncc2)C1c1ccc(Cl)c(Cl)c1. The Bertz CT molecular complexity index is 1280. The van der Waals surface area contributed by atoms with E-state index in [0.29, 0.717) is 21.4 Å². The van der Waals surface area contributed by atoms with Gasteiger partial charge in [-0.3, -0.25) is 14.6 Å². The molecule has 2 aromatic carbocycles. The first kappa shape index (κ1) is 23.1. The summed E-state index contributed by atoms with van der Waals surface area (Å²) >= 11 is 18.5. The van der Waals surface area contributed by atoms with Crippen LogP contribution in [0.1, 0.15) is 22.7 Å². The average molecular weight is 504 g/mol. The van der Waals surface area contributed by atoms with Crippen molar-refractivity contribution in [2.45, 2.75) is 12.6 Å². The lowest BCUT2D eigenvalue weighted by Gasteiger charge is -2.26. The van der Waals surface area contributed by atoms with Gasteiger partial charge in [0.1, 0.15) is 11.5 Å². The monoisotopic (exact) mass is 502 g/mol. The summed E-state index contributed by atoms with van der Waals surface area (Å²) in [5.41, 5.74) is 1.36. The van der Waals surface area contributed by atoms with Crippen LogP contribution in [-0.2, 0) is 16.1 Å². The summed E-state index contributed by atoms with van der Waals surface area (Å²) in [5.74, 6) is -1.70. The van der Waals surface area contributed by atoms with E-state index in [9.17, 15) is 14.7 Å². The van der Waals surface area contributed by atoms with Crippen LogP contribution in [0.15, 0.2) is 66.5 Å². The molecule has 1 aliphatic rings. The number of benzene rings is 2. The topological polar surface area (TPSA) is 79.7 Å². The van der Waals surface area contributed by atoms with Crippen LogP contribution in [-0.4, -0.2) is 33.8 Å². The van der Waals surface area contributed by atoms with Crippen LogP contribution in [0.5, 0.6) is 5.75 Å². The van der Waals surface area contributed by atoms with Crippen molar-refractivity contribution in [2.24, 2.45) is 0 Å². The van der Waals surface area contributed by atoms with Crippen LogP contribution in [0.3, 0.4) is 0 Å². The van der Waals surface area contributed by atoms with E-state index in [4.69, 9.17) is 39.5 Å². The molecule has 1 aromatic heterocycles. The number of likely N-dealkylation sites (tertiary alicyclic amines) is 1. The van der Waals surface area contributed by atoms with Gasteiger partial charge in [0.15, 0.2) is 0 Å². The lowest BCUT2D eigenvalue weighted by Crippen LogP contribution is -2.29. The molecule has 4 rings (SSSR count). The van der Waals surface area contributed by atoms with E-state index in [-0.39, 0.29) is 22.7 Å².